The van der Waals surface area contributed by atoms with Gasteiger partial charge in [0, 0.05) is 11.4 Å². The Labute approximate surface area is 119 Å². The van der Waals surface area contributed by atoms with Crippen molar-refractivity contribution in [1.82, 2.24) is 0 Å². The Kier molecular flexibility index (Phi) is 6.32. The fraction of sp³-hybridized carbons (Fsp3) is 0.533. The Morgan fingerprint density at radius 2 is 2.00 bits per heavy atom. The van der Waals surface area contributed by atoms with Crippen LogP contribution in [0.1, 0.15) is 38.2 Å². The Balaban J connectivity index is 2.69. The molecule has 0 heterocycles. The van der Waals surface area contributed by atoms with Gasteiger partial charge < -0.3 is 10.8 Å². The summed E-state index contributed by atoms with van der Waals surface area (Å²) >= 11 is 6.20. The molecule has 4 heteroatoms. The summed E-state index contributed by atoms with van der Waals surface area (Å²) in [5, 5.41) is 9.62. The molecule has 1 aromatic carbocycles. The molecule has 1 aromatic rings. The van der Waals surface area contributed by atoms with E-state index in [2.05, 4.69) is 13.8 Å². The maximum Gasteiger partial charge on any atom is 0.303 e. The van der Waals surface area contributed by atoms with Gasteiger partial charge in [0.05, 0.1) is 0 Å². The van der Waals surface area contributed by atoms with E-state index in [0.717, 1.165) is 17.0 Å². The third-order valence-corrected chi connectivity index (χ3v) is 4.10. The predicted molar refractivity (Wildman–Crippen MR) is 78.4 cm³/mol. The van der Waals surface area contributed by atoms with E-state index in [1.165, 1.54) is 0 Å². The molecule has 0 aliphatic heterocycles. The first-order valence-corrected chi connectivity index (χ1v) is 6.99. The van der Waals surface area contributed by atoms with Crippen LogP contribution in [0, 0.1) is 11.8 Å². The fourth-order valence-corrected chi connectivity index (χ4v) is 2.70. The highest BCUT2D eigenvalue weighted by atomic mass is 35.5. The minimum Gasteiger partial charge on any atom is -0.481 e. The second-order valence-electron chi connectivity index (χ2n) is 5.22. The standard InChI is InChI=1S/C15H22ClNO2/c1-10(7-12(9-17)8-15(18)19)11(2)13-5-3-4-6-14(13)16/h3-6,10-12H,7-9,17H2,1-2H3,(H,18,19)/t10-,11?,12-/m0/s1. The molecule has 3 atom stereocenters. The smallest absolute Gasteiger partial charge is 0.303 e. The predicted octanol–water partition coefficient (Wildman–Crippen LogP) is 3.52. The van der Waals surface area contributed by atoms with E-state index in [1.807, 2.05) is 24.3 Å². The van der Waals surface area contributed by atoms with Crippen LogP contribution in [-0.2, 0) is 4.79 Å². The number of hydrogen-bond acceptors (Lipinski definition) is 2. The van der Waals surface area contributed by atoms with Gasteiger partial charge in [-0.15, -0.1) is 0 Å². The van der Waals surface area contributed by atoms with Crippen LogP contribution in [0.5, 0.6) is 0 Å². The van der Waals surface area contributed by atoms with Gasteiger partial charge in [0.25, 0.3) is 0 Å². The van der Waals surface area contributed by atoms with Gasteiger partial charge in [0.2, 0.25) is 0 Å². The molecule has 0 saturated carbocycles. The molecular formula is C15H22ClNO2. The maximum atomic E-state index is 10.8. The molecule has 0 radical (unpaired) electrons. The van der Waals surface area contributed by atoms with E-state index < -0.39 is 5.97 Å². The third-order valence-electron chi connectivity index (χ3n) is 3.75. The topological polar surface area (TPSA) is 63.3 Å². The van der Waals surface area contributed by atoms with Gasteiger partial charge in [-0.25, -0.2) is 0 Å². The highest BCUT2D eigenvalue weighted by Gasteiger charge is 2.21. The van der Waals surface area contributed by atoms with E-state index in [-0.39, 0.29) is 18.3 Å². The lowest BCUT2D eigenvalue weighted by Gasteiger charge is -2.24. The first-order valence-electron chi connectivity index (χ1n) is 6.62. The van der Waals surface area contributed by atoms with Crippen molar-refractivity contribution in [2.75, 3.05) is 6.54 Å². The van der Waals surface area contributed by atoms with Gasteiger partial charge in [-0.1, -0.05) is 43.6 Å². The number of carbonyl (C=O) groups is 1. The van der Waals surface area contributed by atoms with Crippen molar-refractivity contribution in [3.05, 3.63) is 34.9 Å². The highest BCUT2D eigenvalue weighted by molar-refractivity contribution is 6.31. The summed E-state index contributed by atoms with van der Waals surface area (Å²) in [6, 6.07) is 7.80. The molecule has 1 unspecified atom stereocenters. The lowest BCUT2D eigenvalue weighted by molar-refractivity contribution is -0.138. The highest BCUT2D eigenvalue weighted by Crippen LogP contribution is 2.33. The van der Waals surface area contributed by atoms with Crippen molar-refractivity contribution in [2.45, 2.75) is 32.6 Å². The Morgan fingerprint density at radius 3 is 2.53 bits per heavy atom. The van der Waals surface area contributed by atoms with Crippen LogP contribution in [0.4, 0.5) is 0 Å². The van der Waals surface area contributed by atoms with Gasteiger partial charge >= 0.3 is 5.97 Å². The SMILES string of the molecule is CC(c1ccccc1Cl)[C@@H](C)C[C@H](CN)CC(=O)O. The first kappa shape index (κ1) is 16.0. The minimum atomic E-state index is -0.784. The van der Waals surface area contributed by atoms with Crippen LogP contribution < -0.4 is 5.73 Å². The zero-order chi connectivity index (χ0) is 14.4. The quantitative estimate of drug-likeness (QED) is 0.805. The minimum absolute atomic E-state index is 0.0254. The molecule has 106 valence electrons. The summed E-state index contributed by atoms with van der Waals surface area (Å²) in [5.41, 5.74) is 6.76. The largest absolute Gasteiger partial charge is 0.481 e. The monoisotopic (exact) mass is 283 g/mol. The number of aliphatic carboxylic acids is 1. The van der Waals surface area contributed by atoms with Gasteiger partial charge in [-0.3, -0.25) is 4.79 Å². The van der Waals surface area contributed by atoms with E-state index in [4.69, 9.17) is 22.4 Å². The molecule has 1 rings (SSSR count). The Bertz CT molecular complexity index is 422. The molecule has 0 aliphatic carbocycles. The summed E-state index contributed by atoms with van der Waals surface area (Å²) in [6.45, 7) is 4.66. The molecular weight excluding hydrogens is 262 g/mol. The molecule has 0 aliphatic rings. The number of halogens is 1. The summed E-state index contributed by atoms with van der Waals surface area (Å²) in [5.74, 6) is -0.130. The average Bonchev–Trinajstić information content (AvgIpc) is 2.37. The summed E-state index contributed by atoms with van der Waals surface area (Å²) < 4.78 is 0. The molecule has 0 amide bonds. The Morgan fingerprint density at radius 1 is 1.37 bits per heavy atom. The molecule has 19 heavy (non-hydrogen) atoms. The first-order chi connectivity index (χ1) is 8.95. The molecule has 3 N–H and O–H groups in total. The molecule has 0 aromatic heterocycles. The second-order valence-corrected chi connectivity index (χ2v) is 5.63. The van der Waals surface area contributed by atoms with Gasteiger partial charge in [0.1, 0.15) is 0 Å². The van der Waals surface area contributed by atoms with Crippen molar-refractivity contribution < 1.29 is 9.90 Å². The van der Waals surface area contributed by atoms with Gasteiger partial charge in [-0.2, -0.15) is 0 Å². The summed E-state index contributed by atoms with van der Waals surface area (Å²) in [4.78, 5) is 10.8. The molecule has 0 saturated heterocycles. The van der Waals surface area contributed by atoms with E-state index in [0.29, 0.717) is 12.5 Å². The van der Waals surface area contributed by atoms with Crippen LogP contribution in [0.15, 0.2) is 24.3 Å². The van der Waals surface area contributed by atoms with Crippen molar-refractivity contribution >= 4 is 17.6 Å². The van der Waals surface area contributed by atoms with Crippen molar-refractivity contribution in [2.24, 2.45) is 17.6 Å². The van der Waals surface area contributed by atoms with Crippen molar-refractivity contribution in [3.63, 3.8) is 0 Å². The maximum absolute atomic E-state index is 10.8. The number of hydrogen-bond donors (Lipinski definition) is 2. The molecule has 3 nitrogen and oxygen atoms in total. The third kappa shape index (κ3) is 4.84. The van der Waals surface area contributed by atoms with Crippen LogP contribution in [0.3, 0.4) is 0 Å². The van der Waals surface area contributed by atoms with Crippen LogP contribution in [0.2, 0.25) is 5.02 Å². The summed E-state index contributed by atoms with van der Waals surface area (Å²) in [7, 11) is 0. The number of rotatable bonds is 7. The molecule has 0 fully saturated rings. The fourth-order valence-electron chi connectivity index (χ4n) is 2.39. The summed E-state index contributed by atoms with van der Waals surface area (Å²) in [6.07, 6.45) is 0.936. The number of carboxylic acids is 1. The van der Waals surface area contributed by atoms with E-state index in [9.17, 15) is 4.79 Å². The van der Waals surface area contributed by atoms with Crippen molar-refractivity contribution in [3.8, 4) is 0 Å². The van der Waals surface area contributed by atoms with Gasteiger partial charge in [-0.05, 0) is 42.3 Å². The Hall–Kier alpha value is -1.06. The second kappa shape index (κ2) is 7.51. The van der Waals surface area contributed by atoms with Crippen molar-refractivity contribution in [1.29, 1.82) is 0 Å². The molecule has 0 bridgehead atoms. The van der Waals surface area contributed by atoms with Crippen LogP contribution in [0.25, 0.3) is 0 Å². The molecule has 0 spiro atoms. The average molecular weight is 284 g/mol. The number of benzene rings is 1. The number of carboxylic acid groups (broad SMARTS) is 1. The van der Waals surface area contributed by atoms with Crippen LogP contribution >= 0.6 is 11.6 Å². The van der Waals surface area contributed by atoms with Gasteiger partial charge in [0.15, 0.2) is 0 Å². The normalized spacial score (nSPS) is 15.8. The van der Waals surface area contributed by atoms with E-state index >= 15 is 0 Å². The zero-order valence-electron chi connectivity index (χ0n) is 11.5. The lowest BCUT2D eigenvalue weighted by Crippen LogP contribution is -2.22. The van der Waals surface area contributed by atoms with Crippen LogP contribution in [-0.4, -0.2) is 17.6 Å². The zero-order valence-corrected chi connectivity index (χ0v) is 12.2. The lowest BCUT2D eigenvalue weighted by atomic mass is 9.82. The van der Waals surface area contributed by atoms with E-state index in [1.54, 1.807) is 0 Å². The number of nitrogens with two attached hydrogens (primary N) is 1.